The van der Waals surface area contributed by atoms with E-state index in [9.17, 15) is 0 Å². The topological polar surface area (TPSA) is 15.3 Å². The number of nitrogens with one attached hydrogen (secondary N) is 1. The highest BCUT2D eigenvalue weighted by Crippen LogP contribution is 2.33. The maximum Gasteiger partial charge on any atom is 0.0702 e. The fraction of sp³-hybridized carbons (Fsp3) is 0.412. The van der Waals surface area contributed by atoms with Gasteiger partial charge in [0.2, 0.25) is 0 Å². The summed E-state index contributed by atoms with van der Waals surface area (Å²) in [6.07, 6.45) is 3.98. The van der Waals surface area contributed by atoms with Crippen molar-refractivity contribution in [3.8, 4) is 0 Å². The van der Waals surface area contributed by atoms with Crippen molar-refractivity contribution in [3.63, 3.8) is 0 Å². The molecule has 0 saturated carbocycles. The molecule has 21 heavy (non-hydrogen) atoms. The molecule has 2 aromatic rings. The Balaban J connectivity index is 1.78. The first kappa shape index (κ1) is 14.9. The highest BCUT2D eigenvalue weighted by molar-refractivity contribution is 9.11. The highest BCUT2D eigenvalue weighted by atomic mass is 79.9. The van der Waals surface area contributed by atoms with Crippen LogP contribution in [0.25, 0.3) is 0 Å². The van der Waals surface area contributed by atoms with E-state index < -0.39 is 0 Å². The van der Waals surface area contributed by atoms with Crippen LogP contribution in [0.15, 0.2) is 40.2 Å². The SMILES string of the molecule is CC(Nc1ccccc1N1CCCCC1)c1ccc(Br)s1. The maximum absolute atomic E-state index is 3.69. The van der Waals surface area contributed by atoms with E-state index in [4.69, 9.17) is 0 Å². The molecular formula is C17H21BrN2S. The fourth-order valence-corrected chi connectivity index (χ4v) is 4.30. The van der Waals surface area contributed by atoms with E-state index in [-0.39, 0.29) is 0 Å². The van der Waals surface area contributed by atoms with Gasteiger partial charge in [0.05, 0.1) is 21.2 Å². The molecule has 1 aromatic heterocycles. The number of nitrogens with zero attached hydrogens (tertiary/aromatic N) is 1. The summed E-state index contributed by atoms with van der Waals surface area (Å²) in [4.78, 5) is 3.87. The molecule has 2 heterocycles. The van der Waals surface area contributed by atoms with Gasteiger partial charge in [-0.15, -0.1) is 11.3 Å². The van der Waals surface area contributed by atoms with Gasteiger partial charge in [0.25, 0.3) is 0 Å². The van der Waals surface area contributed by atoms with E-state index in [0.29, 0.717) is 6.04 Å². The lowest BCUT2D eigenvalue weighted by Crippen LogP contribution is -2.30. The molecular weight excluding hydrogens is 344 g/mol. The normalized spacial score (nSPS) is 16.8. The average Bonchev–Trinajstić information content (AvgIpc) is 2.95. The summed E-state index contributed by atoms with van der Waals surface area (Å²) in [6, 6.07) is 13.3. The smallest absolute Gasteiger partial charge is 0.0702 e. The minimum Gasteiger partial charge on any atom is -0.376 e. The van der Waals surface area contributed by atoms with Crippen molar-refractivity contribution in [3.05, 3.63) is 45.1 Å². The third-order valence-corrected chi connectivity index (χ3v) is 5.80. The molecule has 1 aromatic carbocycles. The van der Waals surface area contributed by atoms with Crippen molar-refractivity contribution in [2.45, 2.75) is 32.2 Å². The molecule has 1 aliphatic rings. The van der Waals surface area contributed by atoms with Crippen molar-refractivity contribution in [2.24, 2.45) is 0 Å². The molecule has 3 rings (SSSR count). The molecule has 1 atom stereocenters. The Morgan fingerprint density at radius 1 is 1.10 bits per heavy atom. The predicted molar refractivity (Wildman–Crippen MR) is 96.6 cm³/mol. The summed E-state index contributed by atoms with van der Waals surface area (Å²) < 4.78 is 1.19. The van der Waals surface area contributed by atoms with E-state index in [1.807, 2.05) is 0 Å². The largest absolute Gasteiger partial charge is 0.376 e. The number of thiophene rings is 1. The molecule has 1 fully saturated rings. The van der Waals surface area contributed by atoms with Crippen LogP contribution in [0.5, 0.6) is 0 Å². The Morgan fingerprint density at radius 2 is 1.86 bits per heavy atom. The van der Waals surface area contributed by atoms with Gasteiger partial charge in [-0.2, -0.15) is 0 Å². The lowest BCUT2D eigenvalue weighted by atomic mass is 10.1. The zero-order chi connectivity index (χ0) is 14.7. The van der Waals surface area contributed by atoms with Crippen LogP contribution in [-0.2, 0) is 0 Å². The predicted octanol–water partition coefficient (Wildman–Crippen LogP) is 5.67. The van der Waals surface area contributed by atoms with Gasteiger partial charge < -0.3 is 10.2 Å². The number of benzene rings is 1. The van der Waals surface area contributed by atoms with Crippen LogP contribution < -0.4 is 10.2 Å². The summed E-state index contributed by atoms with van der Waals surface area (Å²) in [5, 5.41) is 3.69. The number of piperidine rings is 1. The Kier molecular flexibility index (Phi) is 4.86. The lowest BCUT2D eigenvalue weighted by Gasteiger charge is -2.31. The second-order valence-corrected chi connectivity index (χ2v) is 8.07. The van der Waals surface area contributed by atoms with Crippen molar-refractivity contribution < 1.29 is 0 Å². The van der Waals surface area contributed by atoms with Gasteiger partial charge in [0, 0.05) is 18.0 Å². The lowest BCUT2D eigenvalue weighted by molar-refractivity contribution is 0.578. The Bertz CT molecular complexity index is 590. The number of rotatable bonds is 4. The summed E-state index contributed by atoms with van der Waals surface area (Å²) in [5.41, 5.74) is 2.59. The third kappa shape index (κ3) is 3.61. The van der Waals surface area contributed by atoms with Gasteiger partial charge in [0.15, 0.2) is 0 Å². The molecule has 1 unspecified atom stereocenters. The molecule has 0 spiro atoms. The van der Waals surface area contributed by atoms with Crippen molar-refractivity contribution in [2.75, 3.05) is 23.3 Å². The van der Waals surface area contributed by atoms with Gasteiger partial charge >= 0.3 is 0 Å². The number of hydrogen-bond donors (Lipinski definition) is 1. The van der Waals surface area contributed by atoms with E-state index in [2.05, 4.69) is 69.5 Å². The molecule has 0 radical (unpaired) electrons. The van der Waals surface area contributed by atoms with Crippen LogP contribution >= 0.6 is 27.3 Å². The fourth-order valence-electron chi connectivity index (χ4n) is 2.87. The van der Waals surface area contributed by atoms with Gasteiger partial charge in [-0.25, -0.2) is 0 Å². The molecule has 1 saturated heterocycles. The zero-order valence-electron chi connectivity index (χ0n) is 12.3. The first-order valence-electron chi connectivity index (χ1n) is 7.60. The zero-order valence-corrected chi connectivity index (χ0v) is 14.7. The summed E-state index contributed by atoms with van der Waals surface area (Å²) in [7, 11) is 0. The third-order valence-electron chi connectivity index (χ3n) is 3.99. The molecule has 0 aliphatic carbocycles. The van der Waals surface area contributed by atoms with Crippen molar-refractivity contribution >= 4 is 38.6 Å². The molecule has 112 valence electrons. The summed E-state index contributed by atoms with van der Waals surface area (Å²) in [6.45, 7) is 4.58. The Hall–Kier alpha value is -1.000. The maximum atomic E-state index is 3.69. The Labute approximate surface area is 139 Å². The number of anilines is 2. The minimum atomic E-state index is 0.326. The molecule has 0 amide bonds. The number of halogens is 1. The first-order chi connectivity index (χ1) is 10.2. The standard InChI is InChI=1S/C17H21BrN2S/c1-13(16-9-10-17(18)21-16)19-14-7-3-4-8-15(14)20-11-5-2-6-12-20/h3-4,7-10,13,19H,2,5-6,11-12H2,1H3. The van der Waals surface area contributed by atoms with Crippen LogP contribution in [0.1, 0.15) is 37.1 Å². The number of para-hydroxylation sites is 2. The van der Waals surface area contributed by atoms with Gasteiger partial charge in [-0.1, -0.05) is 12.1 Å². The minimum absolute atomic E-state index is 0.326. The summed E-state index contributed by atoms with van der Waals surface area (Å²) in [5.74, 6) is 0. The second kappa shape index (κ2) is 6.84. The first-order valence-corrected chi connectivity index (χ1v) is 9.21. The van der Waals surface area contributed by atoms with E-state index >= 15 is 0 Å². The van der Waals surface area contributed by atoms with E-state index in [0.717, 1.165) is 0 Å². The van der Waals surface area contributed by atoms with Crippen molar-refractivity contribution in [1.29, 1.82) is 0 Å². The second-order valence-electron chi connectivity index (χ2n) is 5.57. The van der Waals surface area contributed by atoms with Crippen molar-refractivity contribution in [1.82, 2.24) is 0 Å². The highest BCUT2D eigenvalue weighted by Gasteiger charge is 2.16. The quantitative estimate of drug-likeness (QED) is 0.751. The van der Waals surface area contributed by atoms with Gasteiger partial charge in [0.1, 0.15) is 0 Å². The van der Waals surface area contributed by atoms with E-state index in [1.165, 1.54) is 52.4 Å². The van der Waals surface area contributed by atoms with Gasteiger partial charge in [-0.05, 0) is 66.4 Å². The van der Waals surface area contributed by atoms with Gasteiger partial charge in [-0.3, -0.25) is 0 Å². The average molecular weight is 365 g/mol. The molecule has 0 bridgehead atoms. The van der Waals surface area contributed by atoms with E-state index in [1.54, 1.807) is 11.3 Å². The van der Waals surface area contributed by atoms with Crippen LogP contribution in [0, 0.1) is 0 Å². The molecule has 1 aliphatic heterocycles. The monoisotopic (exact) mass is 364 g/mol. The molecule has 1 N–H and O–H groups in total. The summed E-state index contributed by atoms with van der Waals surface area (Å²) >= 11 is 5.34. The molecule has 2 nitrogen and oxygen atoms in total. The molecule has 4 heteroatoms. The number of hydrogen-bond acceptors (Lipinski definition) is 3. The van der Waals surface area contributed by atoms with Crippen LogP contribution in [0.3, 0.4) is 0 Å². The Morgan fingerprint density at radius 3 is 2.57 bits per heavy atom. The van der Waals surface area contributed by atoms with Crippen LogP contribution in [-0.4, -0.2) is 13.1 Å². The van der Waals surface area contributed by atoms with Crippen LogP contribution in [0.4, 0.5) is 11.4 Å². The van der Waals surface area contributed by atoms with Crippen LogP contribution in [0.2, 0.25) is 0 Å².